The zero-order chi connectivity index (χ0) is 62.8. The van der Waals surface area contributed by atoms with Gasteiger partial charge >= 0.3 is 42.3 Å². The molecule has 8 rings (SSSR count). The van der Waals surface area contributed by atoms with Crippen LogP contribution >= 0.6 is 23.2 Å². The number of benzene rings is 4. The maximum Gasteiger partial charge on any atom is 0.471 e. The number of carbonyl (C=O) groups excluding carboxylic acids is 5. The molecule has 4 aliphatic heterocycles. The molecule has 4 fully saturated rings. The number of anilines is 2. The summed E-state index contributed by atoms with van der Waals surface area (Å²) in [5.41, 5.74) is 0.654. The van der Waals surface area contributed by atoms with Crippen LogP contribution < -0.4 is 16.0 Å². The Hall–Kier alpha value is -7.32. The lowest BCUT2D eigenvalue weighted by molar-refractivity contribution is -0.167. The number of amides is 5. The number of alkyl halides is 6. The van der Waals surface area contributed by atoms with E-state index in [9.17, 15) is 63.9 Å². The van der Waals surface area contributed by atoms with E-state index >= 15 is 0 Å². The molecule has 4 aromatic carbocycles. The molecule has 4 bridgehead atoms. The largest absolute Gasteiger partial charge is 0.478 e. The summed E-state index contributed by atoms with van der Waals surface area (Å²) >= 11 is 11.5. The normalized spacial score (nSPS) is 19.3. The van der Waals surface area contributed by atoms with Crippen molar-refractivity contribution in [3.05, 3.63) is 141 Å². The standard InChI is InChI=1S/C29H31ClF4N4O4.C18H26FN3O2.C11H7ClF3NO3/c1-28(2,3)42-27(41)37-16-22-14-36(13-18-4-9-21(31)10-5-18)15-23(17-37)38(22)25(39)11-7-19-6-8-20(30)12-24(19)35-26(40)29(32,33)34;1-18(2,3)24-17(23)22-11-15-9-21(10-16(12-22)20-15)8-13-4-6-14(19)7-5-13;12-7-3-1-6(2-4-9(17)18)8(5-7)16-10(19)11(13,14)15/h4-12,22-23H,13-17H2,1-3H3,(H,35,40);4-7,15-16,20H,8-12H2,1-3H3;1-5H,(H,16,19)(H,17,18)/b11-7+;;4-2+. The lowest BCUT2D eigenvalue weighted by atomic mass is 9.99. The molecule has 4 saturated heterocycles. The number of carboxylic acid groups (broad SMARTS) is 1. The Balaban J connectivity index is 0.000000226. The molecule has 0 spiro atoms. The predicted octanol–water partition coefficient (Wildman–Crippen LogP) is 10.5. The second kappa shape index (κ2) is 28.3. The van der Waals surface area contributed by atoms with Gasteiger partial charge in [-0.1, -0.05) is 59.6 Å². The summed E-state index contributed by atoms with van der Waals surface area (Å²) in [6.07, 6.45) is -6.55. The first-order chi connectivity index (χ1) is 39.6. The van der Waals surface area contributed by atoms with Crippen LogP contribution in [0.5, 0.6) is 0 Å². The molecule has 85 heavy (non-hydrogen) atoms. The highest BCUT2D eigenvalue weighted by Crippen LogP contribution is 2.30. The second-order valence-corrected chi connectivity index (χ2v) is 23.3. The van der Waals surface area contributed by atoms with Crippen LogP contribution in [0.3, 0.4) is 0 Å². The van der Waals surface area contributed by atoms with Gasteiger partial charge in [-0.3, -0.25) is 24.2 Å². The van der Waals surface area contributed by atoms with Crippen molar-refractivity contribution in [3.63, 3.8) is 0 Å². The third-order valence-corrected chi connectivity index (χ3v) is 13.4. The summed E-state index contributed by atoms with van der Waals surface area (Å²) in [5.74, 6) is -6.56. The molecular formula is C58H64Cl2F8N8O9. The van der Waals surface area contributed by atoms with Crippen LogP contribution in [0.15, 0.2) is 97.1 Å². The van der Waals surface area contributed by atoms with Crippen molar-refractivity contribution >= 4 is 82.6 Å². The van der Waals surface area contributed by atoms with E-state index in [4.69, 9.17) is 37.8 Å². The average Bonchev–Trinajstić information content (AvgIpc) is 1.98. The van der Waals surface area contributed by atoms with Gasteiger partial charge in [0.1, 0.15) is 22.8 Å². The number of fused-ring (bicyclic) bond motifs is 4. The molecule has 4 aromatic rings. The Morgan fingerprint density at radius 1 is 0.565 bits per heavy atom. The lowest BCUT2D eigenvalue weighted by Crippen LogP contribution is -2.70. The molecule has 4 unspecified atom stereocenters. The molecule has 17 nitrogen and oxygen atoms in total. The molecule has 4 aliphatic rings. The molecule has 4 N–H and O–H groups in total. The average molecular weight is 1240 g/mol. The van der Waals surface area contributed by atoms with Gasteiger partial charge in [0.05, 0.1) is 12.1 Å². The Kier molecular flexibility index (Phi) is 22.2. The molecule has 460 valence electrons. The van der Waals surface area contributed by atoms with Crippen LogP contribution in [0, 0.1) is 11.6 Å². The quantitative estimate of drug-likeness (QED) is 0.0869. The number of hydrogen-bond donors (Lipinski definition) is 4. The van der Waals surface area contributed by atoms with Crippen LogP contribution in [0.1, 0.15) is 63.8 Å². The zero-order valence-electron chi connectivity index (χ0n) is 47.0. The number of nitrogens with one attached hydrogen (secondary N) is 3. The fraction of sp³-hybridized carbons (Fsp3) is 0.414. The van der Waals surface area contributed by atoms with E-state index in [0.717, 1.165) is 55.0 Å². The summed E-state index contributed by atoms with van der Waals surface area (Å²) in [6, 6.07) is 20.2. The van der Waals surface area contributed by atoms with Gasteiger partial charge in [0.15, 0.2) is 0 Å². The number of halogens is 10. The van der Waals surface area contributed by atoms with Crippen molar-refractivity contribution in [2.24, 2.45) is 0 Å². The van der Waals surface area contributed by atoms with Crippen molar-refractivity contribution in [3.8, 4) is 0 Å². The predicted molar refractivity (Wildman–Crippen MR) is 302 cm³/mol. The molecule has 0 radical (unpaired) electrons. The van der Waals surface area contributed by atoms with E-state index in [0.29, 0.717) is 32.7 Å². The SMILES string of the molecule is CC(C)(C)OC(=O)N1CC2CN(Cc3ccc(F)cc3)CC(C1)N2.CC(C)(C)OC(=O)N1CC2CN(Cc3ccc(F)cc3)CC(C1)N2C(=O)/C=C/c1ccc(Cl)cc1NC(=O)C(F)(F)F.O=C(O)/C=C/c1ccc(Cl)cc1NC(=O)C(F)(F)F. The molecule has 5 amide bonds. The highest BCUT2D eigenvalue weighted by Gasteiger charge is 2.45. The van der Waals surface area contributed by atoms with Crippen LogP contribution in [0.4, 0.5) is 56.1 Å². The van der Waals surface area contributed by atoms with Crippen LogP contribution in [0.2, 0.25) is 10.0 Å². The van der Waals surface area contributed by atoms with Gasteiger partial charge in [-0.05, 0) is 124 Å². The molecule has 0 aliphatic carbocycles. The Labute approximate surface area is 495 Å². The first kappa shape index (κ1) is 66.8. The van der Waals surface area contributed by atoms with Crippen LogP contribution in [0.25, 0.3) is 12.2 Å². The minimum atomic E-state index is -5.11. The number of nitrogens with zero attached hydrogens (tertiary/aromatic N) is 5. The molecule has 4 heterocycles. The monoisotopic (exact) mass is 1240 g/mol. The maximum absolute atomic E-state index is 13.5. The van der Waals surface area contributed by atoms with Gasteiger partial charge in [0.2, 0.25) is 5.91 Å². The van der Waals surface area contributed by atoms with E-state index in [1.807, 2.05) is 37.8 Å². The Bertz CT molecular complexity index is 3070. The summed E-state index contributed by atoms with van der Waals surface area (Å²) in [7, 11) is 0. The van der Waals surface area contributed by atoms with Gasteiger partial charge in [-0.25, -0.2) is 23.2 Å². The topological polar surface area (TPSA) is 193 Å². The smallest absolute Gasteiger partial charge is 0.471 e. The van der Waals surface area contributed by atoms with Crippen molar-refractivity contribution in [1.29, 1.82) is 0 Å². The maximum atomic E-state index is 13.5. The fourth-order valence-corrected chi connectivity index (χ4v) is 9.95. The summed E-state index contributed by atoms with van der Waals surface area (Å²) in [6.45, 7) is 16.6. The van der Waals surface area contributed by atoms with Gasteiger partial charge in [0.25, 0.3) is 0 Å². The highest BCUT2D eigenvalue weighted by atomic mass is 35.5. The van der Waals surface area contributed by atoms with Crippen LogP contribution in [-0.4, -0.2) is 166 Å². The number of piperazine rings is 4. The van der Waals surface area contributed by atoms with E-state index in [1.54, 1.807) is 53.3 Å². The summed E-state index contributed by atoms with van der Waals surface area (Å²) < 4.78 is 112. The molecule has 27 heteroatoms. The Morgan fingerprint density at radius 2 is 0.941 bits per heavy atom. The van der Waals surface area contributed by atoms with Gasteiger partial charge in [-0.2, -0.15) is 26.3 Å². The summed E-state index contributed by atoms with van der Waals surface area (Å²) in [5, 5.41) is 15.6. The fourth-order valence-electron chi connectivity index (χ4n) is 9.61. The van der Waals surface area contributed by atoms with Crippen molar-refractivity contribution < 1.29 is 78.5 Å². The number of aliphatic carboxylic acids is 1. The number of carboxylic acids is 1. The number of ether oxygens (including phenoxy) is 2. The number of rotatable bonds is 10. The van der Waals surface area contributed by atoms with Gasteiger partial charge in [0, 0.05) is 111 Å². The lowest BCUT2D eigenvalue weighted by Gasteiger charge is -2.52. The van der Waals surface area contributed by atoms with Crippen molar-refractivity contribution in [2.45, 2.75) is 102 Å². The first-order valence-corrected chi connectivity index (χ1v) is 27.3. The van der Waals surface area contributed by atoms with Crippen LogP contribution in [-0.2, 0) is 41.7 Å². The highest BCUT2D eigenvalue weighted by molar-refractivity contribution is 6.31. The van der Waals surface area contributed by atoms with E-state index in [2.05, 4.69) is 15.1 Å². The molecule has 0 aromatic heterocycles. The van der Waals surface area contributed by atoms with E-state index in [1.165, 1.54) is 60.7 Å². The molecule has 0 saturated carbocycles. The second-order valence-electron chi connectivity index (χ2n) is 22.4. The van der Waals surface area contributed by atoms with Gasteiger partial charge in [-0.15, -0.1) is 0 Å². The minimum absolute atomic E-state index is 0.0874. The molecular weight excluding hydrogens is 1180 g/mol. The third-order valence-electron chi connectivity index (χ3n) is 12.9. The van der Waals surface area contributed by atoms with Crippen molar-refractivity contribution in [2.75, 3.05) is 63.0 Å². The zero-order valence-corrected chi connectivity index (χ0v) is 48.5. The van der Waals surface area contributed by atoms with E-state index in [-0.39, 0.29) is 75.4 Å². The molecule has 4 atom stereocenters. The number of carbonyl (C=O) groups is 6. The number of hydrogen-bond acceptors (Lipinski definition) is 11. The van der Waals surface area contributed by atoms with Gasteiger partial charge < -0.3 is 45.2 Å². The Morgan fingerprint density at radius 3 is 1.32 bits per heavy atom. The van der Waals surface area contributed by atoms with E-state index < -0.39 is 65.4 Å². The van der Waals surface area contributed by atoms with Crippen molar-refractivity contribution in [1.82, 2.24) is 29.8 Å². The third kappa shape index (κ3) is 21.0. The summed E-state index contributed by atoms with van der Waals surface area (Å²) in [4.78, 5) is 80.9. The minimum Gasteiger partial charge on any atom is -0.478 e. The first-order valence-electron chi connectivity index (χ1n) is 26.5.